The normalized spacial score (nSPS) is 27.5. The van der Waals surface area contributed by atoms with Gasteiger partial charge in [-0.25, -0.2) is 0 Å². The van der Waals surface area contributed by atoms with Crippen LogP contribution < -0.4 is 5.32 Å². The third-order valence-corrected chi connectivity index (χ3v) is 4.56. The van der Waals surface area contributed by atoms with E-state index in [9.17, 15) is 4.79 Å². The Morgan fingerprint density at radius 2 is 2.16 bits per heavy atom. The maximum absolute atomic E-state index is 12.2. The summed E-state index contributed by atoms with van der Waals surface area (Å²) in [4.78, 5) is 12.2. The zero-order valence-electron chi connectivity index (χ0n) is 11.8. The van der Waals surface area contributed by atoms with Crippen LogP contribution in [0.15, 0.2) is 21.2 Å². The summed E-state index contributed by atoms with van der Waals surface area (Å²) in [7, 11) is 0. The Bertz CT molecular complexity index is 441. The van der Waals surface area contributed by atoms with E-state index in [4.69, 9.17) is 4.42 Å². The van der Waals surface area contributed by atoms with Gasteiger partial charge in [-0.1, -0.05) is 27.2 Å². The van der Waals surface area contributed by atoms with Crippen LogP contribution in [0.3, 0.4) is 0 Å². The molecule has 1 N–H and O–H groups in total. The first-order chi connectivity index (χ1) is 8.97. The number of furan rings is 1. The highest BCUT2D eigenvalue weighted by atomic mass is 79.9. The maximum atomic E-state index is 12.2. The molecule has 4 heteroatoms. The van der Waals surface area contributed by atoms with E-state index in [-0.39, 0.29) is 11.9 Å². The summed E-state index contributed by atoms with van der Waals surface area (Å²) in [5, 5.41) is 3.16. The number of rotatable bonds is 3. The number of hydrogen-bond donors (Lipinski definition) is 1. The van der Waals surface area contributed by atoms with Crippen LogP contribution in [0.4, 0.5) is 0 Å². The molecule has 1 heterocycles. The molecule has 0 bridgehead atoms. The molecule has 1 aliphatic carbocycles. The quantitative estimate of drug-likeness (QED) is 0.902. The molecule has 1 saturated carbocycles. The van der Waals surface area contributed by atoms with Gasteiger partial charge in [0.1, 0.15) is 0 Å². The van der Waals surface area contributed by atoms with Crippen LogP contribution >= 0.6 is 15.9 Å². The number of hydrogen-bond acceptors (Lipinski definition) is 2. The van der Waals surface area contributed by atoms with Crippen LogP contribution in [0.1, 0.15) is 50.6 Å². The lowest BCUT2D eigenvalue weighted by atomic mass is 9.74. The van der Waals surface area contributed by atoms with Crippen LogP contribution in [0.25, 0.3) is 0 Å². The molecular weight excluding hydrogens is 306 g/mol. The molecule has 3 unspecified atom stereocenters. The molecule has 19 heavy (non-hydrogen) atoms. The average molecular weight is 328 g/mol. The second kappa shape index (κ2) is 6.12. The molecule has 106 valence electrons. The minimum absolute atomic E-state index is 0.101. The number of amides is 1. The van der Waals surface area contributed by atoms with E-state index in [1.165, 1.54) is 12.8 Å². The molecule has 1 aromatic heterocycles. The fraction of sp³-hybridized carbons (Fsp3) is 0.667. The topological polar surface area (TPSA) is 42.2 Å². The molecule has 1 aliphatic rings. The lowest BCUT2D eigenvalue weighted by molar-refractivity contribution is 0.0839. The monoisotopic (exact) mass is 327 g/mol. The highest BCUT2D eigenvalue weighted by molar-refractivity contribution is 9.10. The number of carbonyl (C=O) groups is 1. The van der Waals surface area contributed by atoms with Gasteiger partial charge in [0.2, 0.25) is 0 Å². The summed E-state index contributed by atoms with van der Waals surface area (Å²) < 4.78 is 5.91. The lowest BCUT2D eigenvalue weighted by Gasteiger charge is -2.37. The summed E-state index contributed by atoms with van der Waals surface area (Å²) >= 11 is 3.22. The van der Waals surface area contributed by atoms with E-state index < -0.39 is 0 Å². The molecule has 3 atom stereocenters. The van der Waals surface area contributed by atoms with Crippen LogP contribution in [-0.4, -0.2) is 11.9 Å². The van der Waals surface area contributed by atoms with Gasteiger partial charge in [0.05, 0.1) is 0 Å². The van der Waals surface area contributed by atoms with E-state index in [2.05, 4.69) is 42.0 Å². The van der Waals surface area contributed by atoms with Crippen molar-refractivity contribution in [3.05, 3.63) is 22.6 Å². The number of nitrogens with one attached hydrogen (secondary N) is 1. The Labute approximate surface area is 123 Å². The Morgan fingerprint density at radius 1 is 1.42 bits per heavy atom. The summed E-state index contributed by atoms with van der Waals surface area (Å²) in [6.45, 7) is 6.74. The van der Waals surface area contributed by atoms with Crippen LogP contribution in [0.2, 0.25) is 0 Å². The SMILES string of the molecule is CC1CCC(C(C)C)C(NC(=O)c2ccc(Br)o2)C1. The molecule has 0 spiro atoms. The first-order valence-corrected chi connectivity index (χ1v) is 7.83. The first kappa shape index (κ1) is 14.6. The first-order valence-electron chi connectivity index (χ1n) is 7.03. The van der Waals surface area contributed by atoms with Gasteiger partial charge in [-0.3, -0.25) is 4.79 Å². The van der Waals surface area contributed by atoms with Crippen molar-refractivity contribution in [2.75, 3.05) is 0 Å². The third kappa shape index (κ3) is 3.62. The number of carbonyl (C=O) groups excluding carboxylic acids is 1. The van der Waals surface area contributed by atoms with Gasteiger partial charge in [0, 0.05) is 6.04 Å². The predicted octanol–water partition coefficient (Wildman–Crippen LogP) is 4.23. The molecule has 0 aliphatic heterocycles. The highest BCUT2D eigenvalue weighted by Gasteiger charge is 2.32. The zero-order valence-corrected chi connectivity index (χ0v) is 13.4. The van der Waals surface area contributed by atoms with Crippen molar-refractivity contribution in [2.24, 2.45) is 17.8 Å². The predicted molar refractivity (Wildman–Crippen MR) is 79.0 cm³/mol. The third-order valence-electron chi connectivity index (χ3n) is 4.14. The van der Waals surface area contributed by atoms with Crippen molar-refractivity contribution >= 4 is 21.8 Å². The fourth-order valence-corrected chi connectivity index (χ4v) is 3.35. The molecule has 2 rings (SSSR count). The van der Waals surface area contributed by atoms with E-state index >= 15 is 0 Å². The van der Waals surface area contributed by atoms with Crippen molar-refractivity contribution < 1.29 is 9.21 Å². The minimum atomic E-state index is -0.101. The molecule has 1 fully saturated rings. The molecular formula is C15H22BrNO2. The number of halogens is 1. The van der Waals surface area contributed by atoms with Crippen LogP contribution in [-0.2, 0) is 0 Å². The minimum Gasteiger partial charge on any atom is -0.444 e. The summed E-state index contributed by atoms with van der Waals surface area (Å²) in [5.41, 5.74) is 0. The van der Waals surface area contributed by atoms with Gasteiger partial charge in [-0.15, -0.1) is 0 Å². The standard InChI is InChI=1S/C15H22BrNO2/c1-9(2)11-5-4-10(3)8-12(11)17-15(18)13-6-7-14(16)19-13/h6-7,9-12H,4-5,8H2,1-3H3,(H,17,18). The lowest BCUT2D eigenvalue weighted by Crippen LogP contribution is -2.45. The summed E-state index contributed by atoms with van der Waals surface area (Å²) in [6, 6.07) is 3.72. The molecule has 3 nitrogen and oxygen atoms in total. The van der Waals surface area contributed by atoms with Crippen LogP contribution in [0, 0.1) is 17.8 Å². The molecule has 0 saturated heterocycles. The van der Waals surface area contributed by atoms with Crippen LogP contribution in [0.5, 0.6) is 0 Å². The summed E-state index contributed by atoms with van der Waals surface area (Å²) in [6.07, 6.45) is 3.53. The largest absolute Gasteiger partial charge is 0.444 e. The fourth-order valence-electron chi connectivity index (χ4n) is 3.04. The summed E-state index contributed by atoms with van der Waals surface area (Å²) in [5.74, 6) is 2.13. The van der Waals surface area contributed by atoms with Crippen molar-refractivity contribution in [3.8, 4) is 0 Å². The Kier molecular flexibility index (Phi) is 4.71. The van der Waals surface area contributed by atoms with E-state index in [0.717, 1.165) is 6.42 Å². The Balaban J connectivity index is 2.04. The Hall–Kier alpha value is -0.770. The van der Waals surface area contributed by atoms with Gasteiger partial charge in [0.15, 0.2) is 10.4 Å². The smallest absolute Gasteiger partial charge is 0.287 e. The second-order valence-corrected chi connectivity index (χ2v) is 6.79. The average Bonchev–Trinajstić information content (AvgIpc) is 2.75. The van der Waals surface area contributed by atoms with Gasteiger partial charge in [0.25, 0.3) is 5.91 Å². The van der Waals surface area contributed by atoms with Crippen molar-refractivity contribution in [3.63, 3.8) is 0 Å². The van der Waals surface area contributed by atoms with Crippen molar-refractivity contribution in [2.45, 2.75) is 46.1 Å². The Morgan fingerprint density at radius 3 is 2.74 bits per heavy atom. The van der Waals surface area contributed by atoms with Gasteiger partial charge in [-0.05, 0) is 58.7 Å². The molecule has 1 amide bonds. The van der Waals surface area contributed by atoms with Crippen molar-refractivity contribution in [1.82, 2.24) is 5.32 Å². The van der Waals surface area contributed by atoms with E-state index in [1.54, 1.807) is 12.1 Å². The second-order valence-electron chi connectivity index (χ2n) is 6.01. The molecule has 1 aromatic rings. The van der Waals surface area contributed by atoms with E-state index in [1.807, 2.05) is 0 Å². The van der Waals surface area contributed by atoms with Gasteiger partial charge in [-0.2, -0.15) is 0 Å². The van der Waals surface area contributed by atoms with E-state index in [0.29, 0.717) is 28.2 Å². The molecule has 0 aromatic carbocycles. The van der Waals surface area contributed by atoms with Crippen molar-refractivity contribution in [1.29, 1.82) is 0 Å². The maximum Gasteiger partial charge on any atom is 0.287 e. The zero-order chi connectivity index (χ0) is 14.0. The van der Waals surface area contributed by atoms with Gasteiger partial charge >= 0.3 is 0 Å². The van der Waals surface area contributed by atoms with Gasteiger partial charge < -0.3 is 9.73 Å². The highest BCUT2D eigenvalue weighted by Crippen LogP contribution is 2.33. The molecule has 0 radical (unpaired) electrons.